The molecule has 1 unspecified atom stereocenters. The Hall–Kier alpha value is -3.46. The molecule has 4 aliphatic heterocycles. The second kappa shape index (κ2) is 10.3. The number of likely N-dealkylation sites (tertiary alicyclic amines) is 1. The molecular weight excluding hydrogens is 465 g/mol. The third-order valence-corrected chi connectivity index (χ3v) is 7.53. The first-order valence-electron chi connectivity index (χ1n) is 12.5. The van der Waals surface area contributed by atoms with Crippen LogP contribution >= 0.6 is 0 Å². The molecule has 4 fully saturated rings. The van der Waals surface area contributed by atoms with E-state index in [4.69, 9.17) is 4.74 Å². The molecule has 4 saturated heterocycles. The first-order chi connectivity index (χ1) is 17.4. The van der Waals surface area contributed by atoms with E-state index in [1.165, 1.54) is 21.9 Å². The summed E-state index contributed by atoms with van der Waals surface area (Å²) in [4.78, 5) is 42.9. The van der Waals surface area contributed by atoms with Gasteiger partial charge in [-0.15, -0.1) is 0 Å². The van der Waals surface area contributed by atoms with Gasteiger partial charge in [-0.2, -0.15) is 0 Å². The molecule has 4 heterocycles. The van der Waals surface area contributed by atoms with E-state index in [0.717, 1.165) is 25.9 Å². The third kappa shape index (κ3) is 4.93. The predicted octanol–water partition coefficient (Wildman–Crippen LogP) is 3.75. The third-order valence-electron chi connectivity index (χ3n) is 7.53. The second-order valence-electron chi connectivity index (χ2n) is 9.79. The SMILES string of the molecule is O=C(O)C1CCCN1C(=O)c1cccc(CN(C(=O)O[C@H]2CN3CCC2CC3)c2ccccc2F)c1. The smallest absolute Gasteiger partial charge is 0.415 e. The minimum atomic E-state index is -1.02. The lowest BCUT2D eigenvalue weighted by atomic mass is 9.86. The molecule has 8 nitrogen and oxygen atoms in total. The molecule has 0 radical (unpaired) electrons. The molecule has 2 amide bonds. The summed E-state index contributed by atoms with van der Waals surface area (Å²) in [6.07, 6.45) is 2.17. The number of anilines is 1. The second-order valence-corrected chi connectivity index (χ2v) is 9.79. The van der Waals surface area contributed by atoms with Gasteiger partial charge in [0.15, 0.2) is 0 Å². The van der Waals surface area contributed by atoms with Crippen LogP contribution in [0, 0.1) is 11.7 Å². The number of ether oxygens (including phenoxy) is 1. The fourth-order valence-corrected chi connectivity index (χ4v) is 5.57. The van der Waals surface area contributed by atoms with Gasteiger partial charge in [0.1, 0.15) is 18.0 Å². The first kappa shape index (κ1) is 24.2. The van der Waals surface area contributed by atoms with Crippen molar-refractivity contribution in [2.75, 3.05) is 31.1 Å². The minimum Gasteiger partial charge on any atom is -0.480 e. The van der Waals surface area contributed by atoms with Crippen molar-refractivity contribution in [1.29, 1.82) is 0 Å². The normalized spacial score (nSPS) is 25.0. The Balaban J connectivity index is 1.37. The number of fused-ring (bicyclic) bond motifs is 3. The number of rotatable bonds is 6. The van der Waals surface area contributed by atoms with Gasteiger partial charge in [0, 0.05) is 18.7 Å². The zero-order valence-electron chi connectivity index (χ0n) is 20.0. The average Bonchev–Trinajstić information content (AvgIpc) is 3.39. The summed E-state index contributed by atoms with van der Waals surface area (Å²) in [5, 5.41) is 9.45. The van der Waals surface area contributed by atoms with E-state index >= 15 is 0 Å². The molecule has 0 aliphatic carbocycles. The molecule has 9 heteroatoms. The number of para-hydroxylation sites is 1. The largest absolute Gasteiger partial charge is 0.480 e. The van der Waals surface area contributed by atoms with E-state index in [-0.39, 0.29) is 24.2 Å². The summed E-state index contributed by atoms with van der Waals surface area (Å²) in [5.74, 6) is -1.62. The maximum absolute atomic E-state index is 14.8. The van der Waals surface area contributed by atoms with E-state index in [9.17, 15) is 23.9 Å². The number of halogens is 1. The van der Waals surface area contributed by atoms with Crippen LogP contribution in [0.4, 0.5) is 14.9 Å². The minimum absolute atomic E-state index is 0.00431. The van der Waals surface area contributed by atoms with Gasteiger partial charge < -0.3 is 14.7 Å². The van der Waals surface area contributed by atoms with Crippen molar-refractivity contribution in [3.05, 3.63) is 65.5 Å². The van der Waals surface area contributed by atoms with Gasteiger partial charge in [0.05, 0.1) is 12.2 Å². The van der Waals surface area contributed by atoms with Crippen LogP contribution < -0.4 is 4.90 Å². The Morgan fingerprint density at radius 2 is 1.81 bits per heavy atom. The standard InChI is InChI=1S/C27H30FN3O5/c28-21-7-1-2-8-22(21)31(27(35)36-24-17-29-13-10-19(24)11-14-29)16-18-5-3-6-20(15-18)25(32)30-12-4-9-23(30)26(33)34/h1-3,5-8,15,19,23-24H,4,9-14,16-17H2,(H,33,34)/t23?,24-/m0/s1. The van der Waals surface area contributed by atoms with Crippen LogP contribution in [0.25, 0.3) is 0 Å². The summed E-state index contributed by atoms with van der Waals surface area (Å²) in [7, 11) is 0. The highest BCUT2D eigenvalue weighted by atomic mass is 19.1. The summed E-state index contributed by atoms with van der Waals surface area (Å²) in [6, 6.07) is 11.9. The number of carbonyl (C=O) groups is 3. The Bertz CT molecular complexity index is 1150. The number of carbonyl (C=O) groups excluding carboxylic acids is 2. The highest BCUT2D eigenvalue weighted by molar-refractivity contribution is 5.97. The monoisotopic (exact) mass is 495 g/mol. The molecule has 0 spiro atoms. The molecule has 6 rings (SSSR count). The van der Waals surface area contributed by atoms with Gasteiger partial charge in [0.2, 0.25) is 0 Å². The van der Waals surface area contributed by atoms with Gasteiger partial charge in [-0.1, -0.05) is 24.3 Å². The first-order valence-corrected chi connectivity index (χ1v) is 12.5. The molecule has 36 heavy (non-hydrogen) atoms. The zero-order chi connectivity index (χ0) is 25.2. The zero-order valence-corrected chi connectivity index (χ0v) is 20.0. The highest BCUT2D eigenvalue weighted by Crippen LogP contribution is 2.31. The number of amides is 2. The molecular formula is C27H30FN3O5. The lowest BCUT2D eigenvalue weighted by molar-refractivity contribution is -0.141. The van der Waals surface area contributed by atoms with Gasteiger partial charge in [-0.05, 0) is 74.5 Å². The Morgan fingerprint density at radius 1 is 1.03 bits per heavy atom. The molecule has 190 valence electrons. The van der Waals surface area contributed by atoms with E-state index in [1.807, 2.05) is 0 Å². The number of carboxylic acids is 1. The van der Waals surface area contributed by atoms with Crippen LogP contribution in [-0.2, 0) is 16.1 Å². The summed E-state index contributed by atoms with van der Waals surface area (Å²) in [6.45, 7) is 3.09. The topological polar surface area (TPSA) is 90.4 Å². The summed E-state index contributed by atoms with van der Waals surface area (Å²) >= 11 is 0. The van der Waals surface area contributed by atoms with E-state index < -0.39 is 23.9 Å². The summed E-state index contributed by atoms with van der Waals surface area (Å²) < 4.78 is 20.7. The number of carboxylic acid groups (broad SMARTS) is 1. The van der Waals surface area contributed by atoms with E-state index in [1.54, 1.807) is 36.4 Å². The van der Waals surface area contributed by atoms with Crippen molar-refractivity contribution in [3.8, 4) is 0 Å². The Kier molecular flexibility index (Phi) is 6.91. The van der Waals surface area contributed by atoms with Gasteiger partial charge in [-0.25, -0.2) is 14.0 Å². The molecule has 2 aromatic carbocycles. The lowest BCUT2D eigenvalue weighted by Crippen LogP contribution is -2.53. The van der Waals surface area contributed by atoms with E-state index in [0.29, 0.717) is 43.0 Å². The molecule has 2 bridgehead atoms. The van der Waals surface area contributed by atoms with Crippen LogP contribution in [0.15, 0.2) is 48.5 Å². The van der Waals surface area contributed by atoms with Crippen molar-refractivity contribution < 1.29 is 28.6 Å². The van der Waals surface area contributed by atoms with Crippen LogP contribution in [0.3, 0.4) is 0 Å². The number of hydrogen-bond donors (Lipinski definition) is 1. The highest BCUT2D eigenvalue weighted by Gasteiger charge is 2.38. The van der Waals surface area contributed by atoms with Gasteiger partial charge in [0.25, 0.3) is 5.91 Å². The van der Waals surface area contributed by atoms with Crippen LogP contribution in [-0.4, -0.2) is 71.2 Å². The average molecular weight is 496 g/mol. The molecule has 0 saturated carbocycles. The maximum Gasteiger partial charge on any atom is 0.415 e. The van der Waals surface area contributed by atoms with E-state index in [2.05, 4.69) is 4.90 Å². The number of nitrogens with zero attached hydrogens (tertiary/aromatic N) is 3. The lowest BCUT2D eigenvalue weighted by Gasteiger charge is -2.44. The fourth-order valence-electron chi connectivity index (χ4n) is 5.57. The van der Waals surface area contributed by atoms with Crippen LogP contribution in [0.5, 0.6) is 0 Å². The van der Waals surface area contributed by atoms with Crippen molar-refractivity contribution in [2.45, 2.75) is 44.4 Å². The molecule has 2 aromatic rings. The Morgan fingerprint density at radius 3 is 2.50 bits per heavy atom. The van der Waals surface area contributed by atoms with Crippen LogP contribution in [0.1, 0.15) is 41.6 Å². The van der Waals surface area contributed by atoms with Crippen molar-refractivity contribution in [3.63, 3.8) is 0 Å². The Labute approximate surface area is 209 Å². The number of benzene rings is 2. The number of aliphatic carboxylic acids is 1. The fraction of sp³-hybridized carbons (Fsp3) is 0.444. The number of piperidine rings is 3. The van der Waals surface area contributed by atoms with Crippen molar-refractivity contribution >= 4 is 23.7 Å². The van der Waals surface area contributed by atoms with Crippen LogP contribution in [0.2, 0.25) is 0 Å². The predicted molar refractivity (Wildman–Crippen MR) is 130 cm³/mol. The molecule has 0 aromatic heterocycles. The van der Waals surface area contributed by atoms with Crippen molar-refractivity contribution in [1.82, 2.24) is 9.80 Å². The maximum atomic E-state index is 14.8. The number of hydrogen-bond acceptors (Lipinski definition) is 5. The molecule has 4 aliphatic rings. The van der Waals surface area contributed by atoms with Gasteiger partial charge in [-0.3, -0.25) is 14.6 Å². The molecule has 1 N–H and O–H groups in total. The molecule has 2 atom stereocenters. The van der Waals surface area contributed by atoms with Crippen molar-refractivity contribution in [2.24, 2.45) is 5.92 Å². The quantitative estimate of drug-likeness (QED) is 0.657. The van der Waals surface area contributed by atoms with Gasteiger partial charge >= 0.3 is 12.1 Å². The summed E-state index contributed by atoms with van der Waals surface area (Å²) in [5.41, 5.74) is 1.05.